The number of hydrogen-bond donors (Lipinski definition) is 1. The molecule has 0 atom stereocenters. The molecule has 0 spiro atoms. The molecular weight excluding hydrogens is 228 g/mol. The first kappa shape index (κ1) is 12.4. The van der Waals surface area contributed by atoms with Gasteiger partial charge in [-0.05, 0) is 31.4 Å². The van der Waals surface area contributed by atoms with Gasteiger partial charge in [0.15, 0.2) is 0 Å². The Kier molecular flexibility index (Phi) is 3.19. The van der Waals surface area contributed by atoms with Crippen LogP contribution in [0.2, 0.25) is 0 Å². The molecule has 1 aromatic carbocycles. The van der Waals surface area contributed by atoms with Crippen LogP contribution in [0.3, 0.4) is 0 Å². The highest BCUT2D eigenvalue weighted by Gasteiger charge is 2.16. The van der Waals surface area contributed by atoms with E-state index in [0.29, 0.717) is 11.1 Å². The molecule has 0 saturated carbocycles. The maximum atomic E-state index is 12.4. The predicted octanol–water partition coefficient (Wildman–Crippen LogP) is 1.94. The fourth-order valence-corrected chi connectivity index (χ4v) is 2.09. The van der Waals surface area contributed by atoms with Crippen molar-refractivity contribution in [2.45, 2.75) is 19.9 Å². The van der Waals surface area contributed by atoms with E-state index in [1.54, 1.807) is 19.2 Å². The Morgan fingerprint density at radius 1 is 1.28 bits per heavy atom. The highest BCUT2D eigenvalue weighted by atomic mass is 16.2. The number of carbonyl (C=O) groups excluding carboxylic acids is 1. The standard InChI is InChI=1S/C14H16N2O2/c1-9(2)16-12(13(17)15-3)8-10-6-4-5-7-11(10)14(16)18/h4-9H,1-3H3,(H,15,17). The molecule has 18 heavy (non-hydrogen) atoms. The van der Waals surface area contributed by atoms with E-state index in [0.717, 1.165) is 5.39 Å². The molecule has 0 aliphatic carbocycles. The quantitative estimate of drug-likeness (QED) is 0.877. The van der Waals surface area contributed by atoms with Gasteiger partial charge in [-0.1, -0.05) is 18.2 Å². The maximum absolute atomic E-state index is 12.4. The number of amides is 1. The third-order valence-electron chi connectivity index (χ3n) is 2.94. The summed E-state index contributed by atoms with van der Waals surface area (Å²) in [4.78, 5) is 24.3. The van der Waals surface area contributed by atoms with Crippen molar-refractivity contribution in [2.75, 3.05) is 7.05 Å². The van der Waals surface area contributed by atoms with Gasteiger partial charge in [-0.3, -0.25) is 9.59 Å². The van der Waals surface area contributed by atoms with Gasteiger partial charge in [-0.25, -0.2) is 0 Å². The Bertz CT molecular complexity index is 656. The molecule has 0 unspecified atom stereocenters. The van der Waals surface area contributed by atoms with E-state index in [1.807, 2.05) is 32.0 Å². The van der Waals surface area contributed by atoms with Gasteiger partial charge in [0.25, 0.3) is 11.5 Å². The van der Waals surface area contributed by atoms with Crippen molar-refractivity contribution in [3.05, 3.63) is 46.4 Å². The lowest BCUT2D eigenvalue weighted by Gasteiger charge is -2.16. The maximum Gasteiger partial charge on any atom is 0.267 e. The highest BCUT2D eigenvalue weighted by molar-refractivity contribution is 5.96. The van der Waals surface area contributed by atoms with Crippen LogP contribution in [0.4, 0.5) is 0 Å². The van der Waals surface area contributed by atoms with E-state index in [1.165, 1.54) is 4.57 Å². The zero-order valence-corrected chi connectivity index (χ0v) is 10.7. The lowest BCUT2D eigenvalue weighted by Crippen LogP contribution is -2.31. The molecule has 94 valence electrons. The Morgan fingerprint density at radius 2 is 1.94 bits per heavy atom. The molecule has 1 amide bonds. The normalized spacial score (nSPS) is 10.9. The molecule has 1 aromatic heterocycles. The zero-order valence-electron chi connectivity index (χ0n) is 10.7. The van der Waals surface area contributed by atoms with E-state index in [-0.39, 0.29) is 17.5 Å². The summed E-state index contributed by atoms with van der Waals surface area (Å²) in [7, 11) is 1.56. The Hall–Kier alpha value is -2.10. The van der Waals surface area contributed by atoms with Crippen LogP contribution >= 0.6 is 0 Å². The first-order valence-corrected chi connectivity index (χ1v) is 5.92. The molecule has 0 saturated heterocycles. The third-order valence-corrected chi connectivity index (χ3v) is 2.94. The highest BCUT2D eigenvalue weighted by Crippen LogP contribution is 2.15. The van der Waals surface area contributed by atoms with Crippen LogP contribution in [0.5, 0.6) is 0 Å². The number of fused-ring (bicyclic) bond motifs is 1. The number of nitrogens with one attached hydrogen (secondary N) is 1. The summed E-state index contributed by atoms with van der Waals surface area (Å²) in [6.07, 6.45) is 0. The molecule has 0 fully saturated rings. The zero-order chi connectivity index (χ0) is 13.3. The number of aromatic nitrogens is 1. The van der Waals surface area contributed by atoms with Gasteiger partial charge in [0.2, 0.25) is 0 Å². The van der Waals surface area contributed by atoms with E-state index >= 15 is 0 Å². The van der Waals surface area contributed by atoms with Crippen LogP contribution in [-0.2, 0) is 0 Å². The Morgan fingerprint density at radius 3 is 2.56 bits per heavy atom. The first-order chi connectivity index (χ1) is 8.56. The fourth-order valence-electron chi connectivity index (χ4n) is 2.09. The van der Waals surface area contributed by atoms with E-state index < -0.39 is 0 Å². The molecule has 1 N–H and O–H groups in total. The Labute approximate surface area is 105 Å². The summed E-state index contributed by atoms with van der Waals surface area (Å²) < 4.78 is 1.53. The number of carbonyl (C=O) groups is 1. The molecule has 0 aliphatic rings. The minimum atomic E-state index is -0.244. The van der Waals surface area contributed by atoms with Gasteiger partial charge >= 0.3 is 0 Å². The average molecular weight is 244 g/mol. The number of rotatable bonds is 2. The van der Waals surface area contributed by atoms with Gasteiger partial charge < -0.3 is 9.88 Å². The smallest absolute Gasteiger partial charge is 0.267 e. The summed E-state index contributed by atoms with van der Waals surface area (Å²) in [5.41, 5.74) is 0.276. The van der Waals surface area contributed by atoms with E-state index in [4.69, 9.17) is 0 Å². The van der Waals surface area contributed by atoms with Crippen LogP contribution in [-0.4, -0.2) is 17.5 Å². The summed E-state index contributed by atoms with van der Waals surface area (Å²) in [6.45, 7) is 3.78. The lowest BCUT2D eigenvalue weighted by atomic mass is 10.1. The average Bonchev–Trinajstić information content (AvgIpc) is 2.37. The molecule has 2 rings (SSSR count). The molecule has 1 heterocycles. The topological polar surface area (TPSA) is 51.1 Å². The fraction of sp³-hybridized carbons (Fsp3) is 0.286. The van der Waals surface area contributed by atoms with Crippen LogP contribution in [0.25, 0.3) is 10.8 Å². The number of hydrogen-bond acceptors (Lipinski definition) is 2. The molecule has 0 aliphatic heterocycles. The van der Waals surface area contributed by atoms with E-state index in [9.17, 15) is 9.59 Å². The lowest BCUT2D eigenvalue weighted by molar-refractivity contribution is 0.0951. The number of pyridine rings is 1. The minimum absolute atomic E-state index is 0.0607. The summed E-state index contributed by atoms with van der Waals surface area (Å²) >= 11 is 0. The minimum Gasteiger partial charge on any atom is -0.354 e. The van der Waals surface area contributed by atoms with Crippen molar-refractivity contribution < 1.29 is 4.79 Å². The van der Waals surface area contributed by atoms with Crippen LogP contribution < -0.4 is 10.9 Å². The largest absolute Gasteiger partial charge is 0.354 e. The third kappa shape index (κ3) is 1.90. The summed E-state index contributed by atoms with van der Waals surface area (Å²) in [5, 5.41) is 4.00. The predicted molar refractivity (Wildman–Crippen MR) is 72.0 cm³/mol. The summed E-state index contributed by atoms with van der Waals surface area (Å²) in [5.74, 6) is -0.244. The second-order valence-corrected chi connectivity index (χ2v) is 4.46. The van der Waals surface area contributed by atoms with Crippen LogP contribution in [0, 0.1) is 0 Å². The van der Waals surface area contributed by atoms with Crippen molar-refractivity contribution >= 4 is 16.7 Å². The van der Waals surface area contributed by atoms with Gasteiger partial charge in [0.05, 0.1) is 0 Å². The second kappa shape index (κ2) is 4.64. The van der Waals surface area contributed by atoms with Crippen molar-refractivity contribution in [1.82, 2.24) is 9.88 Å². The van der Waals surface area contributed by atoms with Crippen molar-refractivity contribution in [2.24, 2.45) is 0 Å². The Balaban J connectivity index is 2.88. The number of nitrogens with zero attached hydrogens (tertiary/aromatic N) is 1. The molecule has 4 nitrogen and oxygen atoms in total. The summed E-state index contributed by atoms with van der Waals surface area (Å²) in [6, 6.07) is 9.01. The number of benzene rings is 1. The van der Waals surface area contributed by atoms with Crippen molar-refractivity contribution in [1.29, 1.82) is 0 Å². The molecule has 4 heteroatoms. The van der Waals surface area contributed by atoms with Gasteiger partial charge in [-0.15, -0.1) is 0 Å². The second-order valence-electron chi connectivity index (χ2n) is 4.46. The monoisotopic (exact) mass is 244 g/mol. The van der Waals surface area contributed by atoms with Gasteiger partial charge in [0.1, 0.15) is 5.69 Å². The first-order valence-electron chi connectivity index (χ1n) is 5.92. The van der Waals surface area contributed by atoms with Crippen LogP contribution in [0.15, 0.2) is 35.1 Å². The van der Waals surface area contributed by atoms with Gasteiger partial charge in [-0.2, -0.15) is 0 Å². The van der Waals surface area contributed by atoms with Crippen molar-refractivity contribution in [3.8, 4) is 0 Å². The molecule has 2 aromatic rings. The molecular formula is C14H16N2O2. The van der Waals surface area contributed by atoms with Gasteiger partial charge in [0, 0.05) is 18.5 Å². The SMILES string of the molecule is CNC(=O)c1cc2ccccc2c(=O)n1C(C)C. The van der Waals surface area contributed by atoms with Crippen molar-refractivity contribution in [3.63, 3.8) is 0 Å². The molecule has 0 radical (unpaired) electrons. The van der Waals surface area contributed by atoms with E-state index in [2.05, 4.69) is 5.32 Å². The molecule has 0 bridgehead atoms. The van der Waals surface area contributed by atoms with Crippen LogP contribution in [0.1, 0.15) is 30.4 Å².